The first-order valence-electron chi connectivity index (χ1n) is 4.60. The number of hydrogen-bond acceptors (Lipinski definition) is 1. The van der Waals surface area contributed by atoms with Crippen LogP contribution in [0.15, 0.2) is 23.8 Å². The molecule has 1 heteroatoms. The summed E-state index contributed by atoms with van der Waals surface area (Å²) in [5.74, 6) is 0.472. The lowest BCUT2D eigenvalue weighted by Crippen LogP contribution is -2.04. The Morgan fingerprint density at radius 2 is 2.23 bits per heavy atom. The SMILES string of the molecule is CC1=Cc2cccc3c2C1C(=O)C3. The summed E-state index contributed by atoms with van der Waals surface area (Å²) in [7, 11) is 0. The van der Waals surface area contributed by atoms with Crippen LogP contribution in [0.3, 0.4) is 0 Å². The lowest BCUT2D eigenvalue weighted by molar-refractivity contribution is -0.118. The summed E-state index contributed by atoms with van der Waals surface area (Å²) in [5, 5.41) is 0. The van der Waals surface area contributed by atoms with Gasteiger partial charge in [0.1, 0.15) is 5.78 Å². The van der Waals surface area contributed by atoms with E-state index in [1.54, 1.807) is 0 Å². The zero-order valence-corrected chi connectivity index (χ0v) is 7.50. The van der Waals surface area contributed by atoms with Crippen molar-refractivity contribution in [2.75, 3.05) is 0 Å². The average molecular weight is 170 g/mol. The first-order chi connectivity index (χ1) is 6.27. The van der Waals surface area contributed by atoms with Gasteiger partial charge in [-0.15, -0.1) is 0 Å². The molecule has 1 atom stereocenters. The molecule has 0 saturated heterocycles. The Morgan fingerprint density at radius 1 is 1.38 bits per heavy atom. The van der Waals surface area contributed by atoms with Gasteiger partial charge in [-0.25, -0.2) is 0 Å². The van der Waals surface area contributed by atoms with Crippen molar-refractivity contribution in [1.29, 1.82) is 0 Å². The van der Waals surface area contributed by atoms with Gasteiger partial charge >= 0.3 is 0 Å². The van der Waals surface area contributed by atoms with Gasteiger partial charge in [0.2, 0.25) is 0 Å². The molecule has 1 aromatic rings. The highest BCUT2D eigenvalue weighted by atomic mass is 16.1. The summed E-state index contributed by atoms with van der Waals surface area (Å²) >= 11 is 0. The molecule has 13 heavy (non-hydrogen) atoms. The van der Waals surface area contributed by atoms with Crippen LogP contribution in [0.5, 0.6) is 0 Å². The lowest BCUT2D eigenvalue weighted by atomic mass is 9.98. The fourth-order valence-corrected chi connectivity index (χ4v) is 2.53. The zero-order chi connectivity index (χ0) is 9.00. The van der Waals surface area contributed by atoms with Crippen LogP contribution in [0.25, 0.3) is 6.08 Å². The van der Waals surface area contributed by atoms with Crippen LogP contribution in [0.4, 0.5) is 0 Å². The van der Waals surface area contributed by atoms with Crippen LogP contribution in [0, 0.1) is 0 Å². The third-order valence-corrected chi connectivity index (χ3v) is 3.04. The summed E-state index contributed by atoms with van der Waals surface area (Å²) in [5.41, 5.74) is 4.99. The monoisotopic (exact) mass is 170 g/mol. The van der Waals surface area contributed by atoms with E-state index in [0.717, 1.165) is 0 Å². The molecule has 0 saturated carbocycles. The first kappa shape index (κ1) is 7.07. The fraction of sp³-hybridized carbons (Fsp3) is 0.250. The Bertz CT molecular complexity index is 440. The highest BCUT2D eigenvalue weighted by Crippen LogP contribution is 2.43. The fourth-order valence-electron chi connectivity index (χ4n) is 2.53. The normalized spacial score (nSPS) is 23.3. The van der Waals surface area contributed by atoms with E-state index in [9.17, 15) is 4.79 Å². The van der Waals surface area contributed by atoms with Crippen molar-refractivity contribution < 1.29 is 4.79 Å². The van der Waals surface area contributed by atoms with Gasteiger partial charge in [0, 0.05) is 6.42 Å². The zero-order valence-electron chi connectivity index (χ0n) is 7.50. The van der Waals surface area contributed by atoms with Gasteiger partial charge in [0.25, 0.3) is 0 Å². The highest BCUT2D eigenvalue weighted by molar-refractivity contribution is 5.99. The van der Waals surface area contributed by atoms with Gasteiger partial charge in [0.15, 0.2) is 0 Å². The van der Waals surface area contributed by atoms with Crippen molar-refractivity contribution in [3.05, 3.63) is 40.5 Å². The summed E-state index contributed by atoms with van der Waals surface area (Å²) in [4.78, 5) is 11.7. The second-order valence-corrected chi connectivity index (χ2v) is 3.88. The van der Waals surface area contributed by atoms with Crippen molar-refractivity contribution >= 4 is 11.9 Å². The lowest BCUT2D eigenvalue weighted by Gasteiger charge is -2.03. The van der Waals surface area contributed by atoms with E-state index in [1.807, 2.05) is 6.07 Å². The van der Waals surface area contributed by atoms with Gasteiger partial charge in [-0.05, 0) is 23.6 Å². The number of benzene rings is 1. The minimum atomic E-state index is 0.103. The molecule has 1 unspecified atom stereocenters. The molecule has 0 heterocycles. The van der Waals surface area contributed by atoms with E-state index >= 15 is 0 Å². The second kappa shape index (κ2) is 2.11. The summed E-state index contributed by atoms with van der Waals surface area (Å²) in [6.45, 7) is 2.05. The van der Waals surface area contributed by atoms with E-state index in [2.05, 4.69) is 25.1 Å². The topological polar surface area (TPSA) is 17.1 Å². The number of carbonyl (C=O) groups excluding carboxylic acids is 1. The van der Waals surface area contributed by atoms with Crippen molar-refractivity contribution in [2.45, 2.75) is 19.3 Å². The van der Waals surface area contributed by atoms with E-state index in [1.165, 1.54) is 22.3 Å². The van der Waals surface area contributed by atoms with Crippen LogP contribution in [-0.2, 0) is 11.2 Å². The number of rotatable bonds is 0. The van der Waals surface area contributed by atoms with Gasteiger partial charge < -0.3 is 0 Å². The van der Waals surface area contributed by atoms with Crippen molar-refractivity contribution in [3.63, 3.8) is 0 Å². The molecular formula is C12H10O. The maximum atomic E-state index is 11.7. The molecule has 0 bridgehead atoms. The van der Waals surface area contributed by atoms with E-state index in [-0.39, 0.29) is 5.92 Å². The summed E-state index contributed by atoms with van der Waals surface area (Å²) in [6.07, 6.45) is 2.78. The summed E-state index contributed by atoms with van der Waals surface area (Å²) in [6, 6.07) is 6.21. The van der Waals surface area contributed by atoms with Crippen LogP contribution < -0.4 is 0 Å². The highest BCUT2D eigenvalue weighted by Gasteiger charge is 2.36. The standard InChI is InChI=1S/C12H10O/c1-7-5-8-3-2-4-9-6-10(13)11(7)12(8)9/h2-5,11H,6H2,1H3. The third kappa shape index (κ3) is 0.744. The molecule has 0 amide bonds. The van der Waals surface area contributed by atoms with Gasteiger partial charge in [-0.3, -0.25) is 4.79 Å². The van der Waals surface area contributed by atoms with Crippen LogP contribution in [0.1, 0.15) is 29.5 Å². The number of hydrogen-bond donors (Lipinski definition) is 0. The average Bonchev–Trinajstić information content (AvgIpc) is 2.57. The maximum Gasteiger partial charge on any atom is 0.148 e. The number of ketones is 1. The molecule has 0 radical (unpaired) electrons. The maximum absolute atomic E-state index is 11.7. The molecule has 1 aromatic carbocycles. The molecule has 3 rings (SSSR count). The predicted octanol–water partition coefficient (Wildman–Crippen LogP) is 2.31. The van der Waals surface area contributed by atoms with Crippen LogP contribution >= 0.6 is 0 Å². The quantitative estimate of drug-likeness (QED) is 0.584. The molecule has 1 nitrogen and oxygen atoms in total. The van der Waals surface area contributed by atoms with E-state index in [0.29, 0.717) is 12.2 Å². The Labute approximate surface area is 77.1 Å². The summed E-state index contributed by atoms with van der Waals surface area (Å²) < 4.78 is 0. The van der Waals surface area contributed by atoms with E-state index in [4.69, 9.17) is 0 Å². The van der Waals surface area contributed by atoms with Gasteiger partial charge in [-0.1, -0.05) is 29.8 Å². The van der Waals surface area contributed by atoms with Crippen molar-refractivity contribution in [1.82, 2.24) is 0 Å². The minimum Gasteiger partial charge on any atom is -0.298 e. The molecule has 64 valence electrons. The molecule has 0 fully saturated rings. The Morgan fingerprint density at radius 3 is 3.08 bits per heavy atom. The molecular weight excluding hydrogens is 160 g/mol. The largest absolute Gasteiger partial charge is 0.298 e. The van der Waals surface area contributed by atoms with Gasteiger partial charge in [0.05, 0.1) is 5.92 Å². The van der Waals surface area contributed by atoms with Gasteiger partial charge in [-0.2, -0.15) is 0 Å². The number of allylic oxidation sites excluding steroid dienone is 1. The molecule has 0 spiro atoms. The molecule has 0 aliphatic heterocycles. The molecule has 0 aromatic heterocycles. The smallest absolute Gasteiger partial charge is 0.148 e. The Kier molecular flexibility index (Phi) is 1.15. The minimum absolute atomic E-state index is 0.103. The second-order valence-electron chi connectivity index (χ2n) is 3.88. The Hall–Kier alpha value is -1.37. The Balaban J connectivity index is 2.35. The first-order valence-corrected chi connectivity index (χ1v) is 4.60. The number of carbonyl (C=O) groups is 1. The predicted molar refractivity (Wildman–Crippen MR) is 51.5 cm³/mol. The van der Waals surface area contributed by atoms with E-state index < -0.39 is 0 Å². The van der Waals surface area contributed by atoms with Crippen molar-refractivity contribution in [2.24, 2.45) is 0 Å². The third-order valence-electron chi connectivity index (χ3n) is 3.04. The molecule has 2 aliphatic carbocycles. The molecule has 2 aliphatic rings. The molecule has 0 N–H and O–H groups in total. The van der Waals surface area contributed by atoms with Crippen LogP contribution in [-0.4, -0.2) is 5.78 Å². The van der Waals surface area contributed by atoms with Crippen molar-refractivity contribution in [3.8, 4) is 0 Å². The van der Waals surface area contributed by atoms with Crippen LogP contribution in [0.2, 0.25) is 0 Å². The number of Topliss-reactive ketones (excluding diaryl/α,β-unsaturated/α-hetero) is 1.